The summed E-state index contributed by atoms with van der Waals surface area (Å²) < 4.78 is 17.6. The number of aromatic nitrogens is 4. The molecule has 0 aliphatic carbocycles. The third kappa shape index (κ3) is 3.68. The Labute approximate surface area is 155 Å². The topological polar surface area (TPSA) is 104 Å². The number of methoxy groups -OCH3 is 1. The standard InChI is InChI=1S/C18H19N5O4/c1-25-14-6-3-2-5-13(14)23-11-12(9-20-23)17(24)19-10-16-21-18(27-22-16)15-7-4-8-26-15/h2-3,5-6,9,11,15H,4,7-8,10H2,1H3,(H,19,24)/t15-/m1/s1. The predicted octanol–water partition coefficient (Wildman–Crippen LogP) is 2.05. The zero-order valence-corrected chi connectivity index (χ0v) is 14.8. The summed E-state index contributed by atoms with van der Waals surface area (Å²) in [5.74, 6) is 1.26. The molecule has 0 saturated carbocycles. The van der Waals surface area contributed by atoms with E-state index in [4.69, 9.17) is 14.0 Å². The molecular weight excluding hydrogens is 350 g/mol. The number of rotatable bonds is 6. The van der Waals surface area contributed by atoms with Crippen LogP contribution >= 0.6 is 0 Å². The van der Waals surface area contributed by atoms with Crippen molar-refractivity contribution in [3.8, 4) is 11.4 Å². The third-order valence-corrected chi connectivity index (χ3v) is 4.27. The minimum absolute atomic E-state index is 0.138. The van der Waals surface area contributed by atoms with E-state index in [1.807, 2.05) is 24.3 Å². The number of benzene rings is 1. The van der Waals surface area contributed by atoms with Crippen LogP contribution in [0.2, 0.25) is 0 Å². The summed E-state index contributed by atoms with van der Waals surface area (Å²) in [7, 11) is 1.59. The Bertz CT molecular complexity index is 929. The Morgan fingerprint density at radius 1 is 1.41 bits per heavy atom. The number of nitrogens with one attached hydrogen (secondary N) is 1. The lowest BCUT2D eigenvalue weighted by Gasteiger charge is -2.07. The van der Waals surface area contributed by atoms with E-state index >= 15 is 0 Å². The molecule has 27 heavy (non-hydrogen) atoms. The summed E-state index contributed by atoms with van der Waals surface area (Å²) in [5, 5.41) is 10.9. The molecule has 140 valence electrons. The van der Waals surface area contributed by atoms with Crippen molar-refractivity contribution in [2.24, 2.45) is 0 Å². The highest BCUT2D eigenvalue weighted by Crippen LogP contribution is 2.26. The van der Waals surface area contributed by atoms with E-state index < -0.39 is 0 Å². The van der Waals surface area contributed by atoms with Crippen LogP contribution in [-0.4, -0.2) is 39.5 Å². The second kappa shape index (κ2) is 7.58. The lowest BCUT2D eigenvalue weighted by Crippen LogP contribution is -2.23. The highest BCUT2D eigenvalue weighted by Gasteiger charge is 2.24. The molecule has 1 aromatic carbocycles. The van der Waals surface area contributed by atoms with Crippen molar-refractivity contribution in [2.75, 3.05) is 13.7 Å². The van der Waals surface area contributed by atoms with Gasteiger partial charge in [0.1, 0.15) is 17.5 Å². The Morgan fingerprint density at radius 2 is 2.30 bits per heavy atom. The van der Waals surface area contributed by atoms with Crippen LogP contribution in [0.1, 0.15) is 41.0 Å². The lowest BCUT2D eigenvalue weighted by molar-refractivity contribution is 0.0835. The molecule has 1 saturated heterocycles. The van der Waals surface area contributed by atoms with Crippen LogP contribution in [0.5, 0.6) is 5.75 Å². The molecule has 3 aromatic rings. The quantitative estimate of drug-likeness (QED) is 0.709. The molecule has 0 unspecified atom stereocenters. The van der Waals surface area contributed by atoms with Gasteiger partial charge < -0.3 is 19.3 Å². The Hall–Kier alpha value is -3.20. The normalized spacial score (nSPS) is 16.4. The van der Waals surface area contributed by atoms with Crippen LogP contribution < -0.4 is 10.1 Å². The Balaban J connectivity index is 1.40. The van der Waals surface area contributed by atoms with Gasteiger partial charge in [-0.25, -0.2) is 4.68 Å². The Kier molecular flexibility index (Phi) is 4.84. The number of carbonyl (C=O) groups is 1. The molecule has 1 N–H and O–H groups in total. The summed E-state index contributed by atoms with van der Waals surface area (Å²) >= 11 is 0. The molecule has 1 atom stereocenters. The highest BCUT2D eigenvalue weighted by molar-refractivity contribution is 5.93. The van der Waals surface area contributed by atoms with Crippen molar-refractivity contribution in [1.82, 2.24) is 25.2 Å². The fourth-order valence-electron chi connectivity index (χ4n) is 2.89. The van der Waals surface area contributed by atoms with E-state index in [0.717, 1.165) is 18.5 Å². The fraction of sp³-hybridized carbons (Fsp3) is 0.333. The maximum absolute atomic E-state index is 12.4. The van der Waals surface area contributed by atoms with Crippen LogP contribution in [0.3, 0.4) is 0 Å². The van der Waals surface area contributed by atoms with Crippen molar-refractivity contribution in [1.29, 1.82) is 0 Å². The molecule has 1 fully saturated rings. The average Bonchev–Trinajstić information content (AvgIpc) is 3.47. The van der Waals surface area contributed by atoms with Gasteiger partial charge in [0.15, 0.2) is 5.82 Å². The van der Waals surface area contributed by atoms with Gasteiger partial charge in [-0.2, -0.15) is 10.1 Å². The van der Waals surface area contributed by atoms with E-state index in [2.05, 4.69) is 20.6 Å². The SMILES string of the molecule is COc1ccccc1-n1cc(C(=O)NCc2noc([C@H]3CCCO3)n2)cn1. The molecule has 2 aromatic heterocycles. The summed E-state index contributed by atoms with van der Waals surface area (Å²) in [6.07, 6.45) is 4.85. The molecule has 1 aliphatic rings. The first-order valence-electron chi connectivity index (χ1n) is 8.65. The molecule has 9 nitrogen and oxygen atoms in total. The number of nitrogens with zero attached hydrogens (tertiary/aromatic N) is 4. The van der Waals surface area contributed by atoms with E-state index in [1.54, 1.807) is 18.0 Å². The van der Waals surface area contributed by atoms with Gasteiger partial charge in [-0.3, -0.25) is 4.79 Å². The van der Waals surface area contributed by atoms with Crippen molar-refractivity contribution >= 4 is 5.91 Å². The summed E-state index contributed by atoms with van der Waals surface area (Å²) in [4.78, 5) is 16.7. The van der Waals surface area contributed by atoms with Gasteiger partial charge >= 0.3 is 0 Å². The average molecular weight is 369 g/mol. The number of carbonyl (C=O) groups excluding carboxylic acids is 1. The number of hydrogen-bond donors (Lipinski definition) is 1. The van der Waals surface area contributed by atoms with Gasteiger partial charge in [-0.05, 0) is 25.0 Å². The van der Waals surface area contributed by atoms with Crippen LogP contribution in [0.25, 0.3) is 5.69 Å². The monoisotopic (exact) mass is 369 g/mol. The van der Waals surface area contributed by atoms with E-state index in [0.29, 0.717) is 29.6 Å². The smallest absolute Gasteiger partial charge is 0.255 e. The summed E-state index contributed by atoms with van der Waals surface area (Å²) in [5.41, 5.74) is 1.17. The summed E-state index contributed by atoms with van der Waals surface area (Å²) in [6.45, 7) is 0.865. The fourth-order valence-corrected chi connectivity index (χ4v) is 2.89. The molecule has 0 spiro atoms. The first kappa shape index (κ1) is 17.2. The largest absolute Gasteiger partial charge is 0.494 e. The highest BCUT2D eigenvalue weighted by atomic mass is 16.5. The first-order valence-corrected chi connectivity index (χ1v) is 8.65. The maximum atomic E-state index is 12.4. The molecule has 1 amide bonds. The van der Waals surface area contributed by atoms with Crippen LogP contribution in [0, 0.1) is 0 Å². The van der Waals surface area contributed by atoms with Gasteiger partial charge in [-0.1, -0.05) is 17.3 Å². The molecule has 9 heteroatoms. The zero-order chi connectivity index (χ0) is 18.6. The third-order valence-electron chi connectivity index (χ3n) is 4.27. The second-order valence-electron chi connectivity index (χ2n) is 6.08. The first-order chi connectivity index (χ1) is 13.2. The minimum Gasteiger partial charge on any atom is -0.494 e. The predicted molar refractivity (Wildman–Crippen MR) is 93.5 cm³/mol. The van der Waals surface area contributed by atoms with Gasteiger partial charge in [0.25, 0.3) is 11.8 Å². The van der Waals surface area contributed by atoms with Crippen LogP contribution in [-0.2, 0) is 11.3 Å². The van der Waals surface area contributed by atoms with Gasteiger partial charge in [0.05, 0.1) is 25.4 Å². The number of ether oxygens (including phenoxy) is 2. The van der Waals surface area contributed by atoms with Gasteiger partial charge in [-0.15, -0.1) is 0 Å². The van der Waals surface area contributed by atoms with Crippen molar-refractivity contribution in [3.05, 3.63) is 53.9 Å². The van der Waals surface area contributed by atoms with Gasteiger partial charge in [0, 0.05) is 12.8 Å². The minimum atomic E-state index is -0.278. The van der Waals surface area contributed by atoms with Crippen LogP contribution in [0.15, 0.2) is 41.2 Å². The molecule has 0 radical (unpaired) electrons. The van der Waals surface area contributed by atoms with E-state index in [1.165, 1.54) is 6.20 Å². The van der Waals surface area contributed by atoms with Crippen LogP contribution in [0.4, 0.5) is 0 Å². The Morgan fingerprint density at radius 3 is 3.11 bits per heavy atom. The van der Waals surface area contributed by atoms with Crippen molar-refractivity contribution in [2.45, 2.75) is 25.5 Å². The maximum Gasteiger partial charge on any atom is 0.255 e. The van der Waals surface area contributed by atoms with E-state index in [-0.39, 0.29) is 18.6 Å². The summed E-state index contributed by atoms with van der Waals surface area (Å²) in [6, 6.07) is 7.44. The molecule has 1 aliphatic heterocycles. The van der Waals surface area contributed by atoms with Crippen molar-refractivity contribution < 1.29 is 18.8 Å². The second-order valence-corrected chi connectivity index (χ2v) is 6.08. The molecule has 4 rings (SSSR count). The number of para-hydroxylation sites is 2. The number of hydrogen-bond acceptors (Lipinski definition) is 7. The molecule has 3 heterocycles. The van der Waals surface area contributed by atoms with Crippen molar-refractivity contribution in [3.63, 3.8) is 0 Å². The molecule has 0 bridgehead atoms. The van der Waals surface area contributed by atoms with E-state index in [9.17, 15) is 4.79 Å². The number of amides is 1. The van der Waals surface area contributed by atoms with Gasteiger partial charge in [0.2, 0.25) is 0 Å². The zero-order valence-electron chi connectivity index (χ0n) is 14.8. The molecular formula is C18H19N5O4. The lowest BCUT2D eigenvalue weighted by atomic mass is 10.2.